The molecule has 0 spiro atoms. The highest BCUT2D eigenvalue weighted by Crippen LogP contribution is 2.16. The number of carbonyl (C=O) groups is 1. The molecule has 0 aromatic heterocycles. The summed E-state index contributed by atoms with van der Waals surface area (Å²) in [5.74, 6) is -0.811. The highest BCUT2D eigenvalue weighted by Gasteiger charge is 2.09. The topological polar surface area (TPSA) is 37.3 Å². The minimum absolute atomic E-state index is 0.167. The number of unbranched alkanes of at least 4 members (excludes halogenated alkanes) is 21. The third-order valence-electron chi connectivity index (χ3n) is 6.41. The molecule has 0 amide bonds. The molecule has 1 N–H and O–H groups in total. The summed E-state index contributed by atoms with van der Waals surface area (Å²) in [4.78, 5) is 10.7. The second-order valence-electron chi connectivity index (χ2n) is 9.45. The van der Waals surface area contributed by atoms with E-state index in [9.17, 15) is 4.79 Å². The van der Waals surface area contributed by atoms with Gasteiger partial charge in [-0.1, -0.05) is 155 Å². The van der Waals surface area contributed by atoms with Crippen molar-refractivity contribution in [2.45, 2.75) is 162 Å². The second-order valence-corrected chi connectivity index (χ2v) is 9.45. The van der Waals surface area contributed by atoms with Gasteiger partial charge in [0.25, 0.3) is 0 Å². The van der Waals surface area contributed by atoms with Crippen LogP contribution in [0.2, 0.25) is 0 Å². The van der Waals surface area contributed by atoms with Gasteiger partial charge in [-0.25, -0.2) is 0 Å². The van der Waals surface area contributed by atoms with Gasteiger partial charge >= 0.3 is 5.97 Å². The van der Waals surface area contributed by atoms with Crippen molar-refractivity contribution in [3.8, 4) is 0 Å². The molecule has 1 atom stereocenters. The molecule has 0 aliphatic carbocycles. The van der Waals surface area contributed by atoms with Crippen molar-refractivity contribution in [1.29, 1.82) is 0 Å². The average Bonchev–Trinajstić information content (AvgIpc) is 2.71. The van der Waals surface area contributed by atoms with Crippen LogP contribution in [0.1, 0.15) is 162 Å². The van der Waals surface area contributed by atoms with E-state index in [1.165, 1.54) is 135 Å². The maximum Gasteiger partial charge on any atom is 0.306 e. The summed E-state index contributed by atoms with van der Waals surface area (Å²) in [6, 6.07) is 0. The van der Waals surface area contributed by atoms with Crippen LogP contribution in [0.25, 0.3) is 0 Å². The normalized spacial score (nSPS) is 12.3. The van der Waals surface area contributed by atoms with Crippen LogP contribution in [0.5, 0.6) is 0 Å². The van der Waals surface area contributed by atoms with Crippen molar-refractivity contribution < 1.29 is 9.90 Å². The molecule has 0 radical (unpaired) electrons. The van der Waals surface area contributed by atoms with Gasteiger partial charge < -0.3 is 5.11 Å². The van der Waals surface area contributed by atoms with Gasteiger partial charge in [0.05, 0.1) is 5.92 Å². The Morgan fingerprint density at radius 1 is 0.517 bits per heavy atom. The van der Waals surface area contributed by atoms with Crippen molar-refractivity contribution in [2.75, 3.05) is 0 Å². The monoisotopic (exact) mass is 410 g/mol. The molecular formula is C27H54O2. The fourth-order valence-corrected chi connectivity index (χ4v) is 4.18. The Labute approximate surface area is 183 Å². The van der Waals surface area contributed by atoms with E-state index in [0.29, 0.717) is 0 Å². The fourth-order valence-electron chi connectivity index (χ4n) is 4.18. The molecule has 0 bridgehead atoms. The van der Waals surface area contributed by atoms with Crippen molar-refractivity contribution >= 4 is 5.97 Å². The van der Waals surface area contributed by atoms with E-state index in [2.05, 4.69) is 6.92 Å². The van der Waals surface area contributed by atoms with E-state index < -0.39 is 5.97 Å². The lowest BCUT2D eigenvalue weighted by atomic mass is 10.0. The molecule has 0 aliphatic rings. The standard InChI is InChI=1S/C27H54O2/c1-3-4-5-6-7-8-9-10-11-12-13-14-15-16-17-18-19-20-21-22-23-24-25-26(2)27(28)29/h26H,3-25H2,1-2H3,(H,28,29)/t26-/m0/s1. The molecule has 2 nitrogen and oxygen atoms in total. The van der Waals surface area contributed by atoms with Crippen molar-refractivity contribution in [3.05, 3.63) is 0 Å². The molecule has 0 rings (SSSR count). The lowest BCUT2D eigenvalue weighted by molar-refractivity contribution is -0.141. The molecule has 0 aromatic rings. The molecule has 0 aromatic carbocycles. The van der Waals surface area contributed by atoms with Crippen LogP contribution in [0, 0.1) is 5.92 Å². The first-order chi connectivity index (χ1) is 14.2. The minimum Gasteiger partial charge on any atom is -0.481 e. The van der Waals surface area contributed by atoms with Gasteiger partial charge in [0.2, 0.25) is 0 Å². The summed E-state index contributed by atoms with van der Waals surface area (Å²) in [5, 5.41) is 8.85. The number of carboxylic acid groups (broad SMARTS) is 1. The maximum atomic E-state index is 10.7. The number of hydrogen-bond donors (Lipinski definition) is 1. The second kappa shape index (κ2) is 23.7. The largest absolute Gasteiger partial charge is 0.481 e. The summed E-state index contributed by atoms with van der Waals surface area (Å²) >= 11 is 0. The Bertz CT molecular complexity index is 326. The molecule has 0 saturated heterocycles. The van der Waals surface area contributed by atoms with Crippen LogP contribution >= 0.6 is 0 Å². The summed E-state index contributed by atoms with van der Waals surface area (Å²) in [6.45, 7) is 4.11. The molecular weight excluding hydrogens is 356 g/mol. The van der Waals surface area contributed by atoms with Gasteiger partial charge in [-0.2, -0.15) is 0 Å². The van der Waals surface area contributed by atoms with Crippen molar-refractivity contribution in [2.24, 2.45) is 5.92 Å². The zero-order chi connectivity index (χ0) is 21.4. The molecule has 0 unspecified atom stereocenters. The van der Waals surface area contributed by atoms with E-state index in [1.807, 2.05) is 6.92 Å². The zero-order valence-corrected chi connectivity index (χ0v) is 20.2. The Hall–Kier alpha value is -0.530. The van der Waals surface area contributed by atoms with Gasteiger partial charge in [0, 0.05) is 0 Å². The van der Waals surface area contributed by atoms with E-state index in [-0.39, 0.29) is 5.92 Å². The van der Waals surface area contributed by atoms with Gasteiger partial charge in [-0.05, 0) is 6.42 Å². The first-order valence-corrected chi connectivity index (χ1v) is 13.4. The van der Waals surface area contributed by atoms with Crippen LogP contribution < -0.4 is 0 Å². The van der Waals surface area contributed by atoms with Crippen molar-refractivity contribution in [1.82, 2.24) is 0 Å². The summed E-state index contributed by atoms with van der Waals surface area (Å²) in [6.07, 6.45) is 31.6. The average molecular weight is 411 g/mol. The Balaban J connectivity index is 3.04. The molecule has 29 heavy (non-hydrogen) atoms. The summed E-state index contributed by atoms with van der Waals surface area (Å²) < 4.78 is 0. The van der Waals surface area contributed by atoms with Gasteiger partial charge in [-0.15, -0.1) is 0 Å². The maximum absolute atomic E-state index is 10.7. The van der Waals surface area contributed by atoms with Gasteiger partial charge in [0.15, 0.2) is 0 Å². The van der Waals surface area contributed by atoms with E-state index in [4.69, 9.17) is 5.11 Å². The van der Waals surface area contributed by atoms with Crippen LogP contribution in [0.15, 0.2) is 0 Å². The van der Waals surface area contributed by atoms with E-state index in [1.54, 1.807) is 0 Å². The molecule has 0 aliphatic heterocycles. The van der Waals surface area contributed by atoms with Crippen molar-refractivity contribution in [3.63, 3.8) is 0 Å². The van der Waals surface area contributed by atoms with Crippen LogP contribution in [0.3, 0.4) is 0 Å². The number of rotatable bonds is 24. The Morgan fingerprint density at radius 3 is 1.00 bits per heavy atom. The summed E-state index contributed by atoms with van der Waals surface area (Å²) in [5.41, 5.74) is 0. The SMILES string of the molecule is CCCCCCCCCCCCCCCCCCCCCCCC[C@H](C)C(=O)O. The number of hydrogen-bond acceptors (Lipinski definition) is 1. The van der Waals surface area contributed by atoms with Gasteiger partial charge in [-0.3, -0.25) is 4.79 Å². The predicted octanol–water partition coefficient (Wildman–Crippen LogP) is 9.70. The van der Waals surface area contributed by atoms with E-state index >= 15 is 0 Å². The third kappa shape index (κ3) is 23.6. The van der Waals surface area contributed by atoms with E-state index in [0.717, 1.165) is 12.8 Å². The fraction of sp³-hybridized carbons (Fsp3) is 0.963. The smallest absolute Gasteiger partial charge is 0.306 e. The Kier molecular flexibility index (Phi) is 23.3. The molecule has 174 valence electrons. The lowest BCUT2D eigenvalue weighted by Crippen LogP contribution is -2.08. The predicted molar refractivity (Wildman–Crippen MR) is 129 cm³/mol. The minimum atomic E-state index is -0.645. The molecule has 0 fully saturated rings. The van der Waals surface area contributed by atoms with Crippen LogP contribution in [0.4, 0.5) is 0 Å². The van der Waals surface area contributed by atoms with Crippen LogP contribution in [-0.2, 0) is 4.79 Å². The molecule has 0 saturated carbocycles. The van der Waals surface area contributed by atoms with Crippen LogP contribution in [-0.4, -0.2) is 11.1 Å². The highest BCUT2D eigenvalue weighted by atomic mass is 16.4. The number of aliphatic carboxylic acids is 1. The lowest BCUT2D eigenvalue weighted by Gasteiger charge is -2.06. The first-order valence-electron chi connectivity index (χ1n) is 13.4. The third-order valence-corrected chi connectivity index (χ3v) is 6.41. The quantitative estimate of drug-likeness (QED) is 0.161. The molecule has 2 heteroatoms. The number of carboxylic acids is 1. The highest BCUT2D eigenvalue weighted by molar-refractivity contribution is 5.69. The Morgan fingerprint density at radius 2 is 0.759 bits per heavy atom. The zero-order valence-electron chi connectivity index (χ0n) is 20.2. The summed E-state index contributed by atoms with van der Waals surface area (Å²) in [7, 11) is 0. The first kappa shape index (κ1) is 28.5. The molecule has 0 heterocycles. The van der Waals surface area contributed by atoms with Gasteiger partial charge in [0.1, 0.15) is 0 Å².